The van der Waals surface area contributed by atoms with Gasteiger partial charge in [0.2, 0.25) is 5.91 Å². The number of nitrogens with zero attached hydrogens (tertiary/aromatic N) is 1. The summed E-state index contributed by atoms with van der Waals surface area (Å²) in [5.41, 5.74) is 1.13. The van der Waals surface area contributed by atoms with Crippen LogP contribution in [0.1, 0.15) is 53.2 Å². The minimum Gasteiger partial charge on any atom is -0.400 e. The molecule has 0 spiro atoms. The molecule has 1 fully saturated rings. The Morgan fingerprint density at radius 3 is 2.00 bits per heavy atom. The topological polar surface area (TPSA) is 49.8 Å². The smallest absolute Gasteiger partial charge is 0.221 e. The normalized spacial score (nSPS) is 19.1. The Kier molecular flexibility index (Phi) is 14.2. The molecule has 1 heterocycles. The largest absolute Gasteiger partial charge is 0.400 e. The van der Waals surface area contributed by atoms with Crippen molar-refractivity contribution < 1.29 is 14.6 Å². The molecular weight excluding hydrogens is 266 g/mol. The van der Waals surface area contributed by atoms with Crippen molar-refractivity contribution in [3.05, 3.63) is 35.9 Å². The predicted octanol–water partition coefficient (Wildman–Crippen LogP) is 3.61. The van der Waals surface area contributed by atoms with Crippen molar-refractivity contribution in [2.45, 2.75) is 53.9 Å². The van der Waals surface area contributed by atoms with Crippen LogP contribution in [-0.2, 0) is 9.53 Å². The second kappa shape index (κ2) is 13.6. The molecule has 0 aliphatic carbocycles. The molecule has 1 aliphatic heterocycles. The van der Waals surface area contributed by atoms with Gasteiger partial charge in [-0.25, -0.2) is 0 Å². The first kappa shape index (κ1) is 21.9. The average molecular weight is 297 g/mol. The highest BCUT2D eigenvalue weighted by Gasteiger charge is 2.31. The van der Waals surface area contributed by atoms with E-state index in [1.165, 1.54) is 0 Å². The highest BCUT2D eigenvalue weighted by Crippen LogP contribution is 2.28. The summed E-state index contributed by atoms with van der Waals surface area (Å²) < 4.78 is 5.73. The van der Waals surface area contributed by atoms with E-state index in [0.29, 0.717) is 6.54 Å². The van der Waals surface area contributed by atoms with Gasteiger partial charge in [-0.3, -0.25) is 4.79 Å². The molecule has 1 aliphatic rings. The first-order valence-corrected chi connectivity index (χ1v) is 7.61. The van der Waals surface area contributed by atoms with Gasteiger partial charge >= 0.3 is 0 Å². The lowest BCUT2D eigenvalue weighted by molar-refractivity contribution is -0.133. The Morgan fingerprint density at radius 2 is 1.62 bits per heavy atom. The fraction of sp³-hybridized carbons (Fsp3) is 0.588. The molecule has 0 aromatic heterocycles. The molecule has 2 atom stereocenters. The number of carbonyl (C=O) groups excluding carboxylic acids is 1. The number of amides is 1. The van der Waals surface area contributed by atoms with Crippen LogP contribution in [0.4, 0.5) is 0 Å². The third-order valence-corrected chi connectivity index (χ3v) is 2.74. The van der Waals surface area contributed by atoms with Crippen LogP contribution >= 0.6 is 0 Å². The van der Waals surface area contributed by atoms with Crippen molar-refractivity contribution in [2.75, 3.05) is 13.7 Å². The Bertz CT molecular complexity index is 354. The van der Waals surface area contributed by atoms with Crippen LogP contribution in [0.5, 0.6) is 0 Å². The Morgan fingerprint density at radius 1 is 1.14 bits per heavy atom. The summed E-state index contributed by atoms with van der Waals surface area (Å²) in [4.78, 5) is 13.0. The molecule has 0 saturated carbocycles. The van der Waals surface area contributed by atoms with Crippen LogP contribution in [0.2, 0.25) is 0 Å². The first-order valence-electron chi connectivity index (χ1n) is 7.61. The van der Waals surface area contributed by atoms with E-state index in [2.05, 4.69) is 0 Å². The number of aliphatic hydroxyl groups is 1. The van der Waals surface area contributed by atoms with Gasteiger partial charge in [-0.2, -0.15) is 0 Å². The maximum Gasteiger partial charge on any atom is 0.221 e. The van der Waals surface area contributed by atoms with Crippen molar-refractivity contribution in [3.8, 4) is 0 Å². The van der Waals surface area contributed by atoms with Gasteiger partial charge in [0.15, 0.2) is 0 Å². The van der Waals surface area contributed by atoms with E-state index in [1.807, 2.05) is 65.0 Å². The van der Waals surface area contributed by atoms with Gasteiger partial charge in [-0.1, -0.05) is 58.0 Å². The van der Waals surface area contributed by atoms with Crippen molar-refractivity contribution in [3.63, 3.8) is 0 Å². The van der Waals surface area contributed by atoms with Crippen LogP contribution < -0.4 is 0 Å². The van der Waals surface area contributed by atoms with Crippen molar-refractivity contribution in [2.24, 2.45) is 0 Å². The zero-order valence-electron chi connectivity index (χ0n) is 14.5. The van der Waals surface area contributed by atoms with E-state index >= 15 is 0 Å². The number of hydrogen-bond acceptors (Lipinski definition) is 3. The quantitative estimate of drug-likeness (QED) is 0.861. The SMILES string of the molecule is CC.CC.CC(=O)N1CC(c2ccccc2)OC1C.CO. The second-order valence-electron chi connectivity index (χ2n) is 3.81. The molecule has 2 unspecified atom stereocenters. The Hall–Kier alpha value is -1.39. The molecule has 1 amide bonds. The second-order valence-corrected chi connectivity index (χ2v) is 3.81. The standard InChI is InChI=1S/C12H15NO2.2C2H6.CH4O/c1-9(14)13-8-12(15-10(13)2)11-6-4-3-5-7-11;3*1-2/h3-7,10,12H,8H2,1-2H3;2*1-2H3;2H,1H3. The summed E-state index contributed by atoms with van der Waals surface area (Å²) in [6, 6.07) is 10.0. The van der Waals surface area contributed by atoms with E-state index < -0.39 is 0 Å². The third kappa shape index (κ3) is 7.25. The van der Waals surface area contributed by atoms with Gasteiger partial charge in [-0.15, -0.1) is 0 Å². The van der Waals surface area contributed by atoms with Crippen LogP contribution in [0.25, 0.3) is 0 Å². The molecule has 4 nitrogen and oxygen atoms in total. The van der Waals surface area contributed by atoms with Gasteiger partial charge in [0.1, 0.15) is 12.3 Å². The van der Waals surface area contributed by atoms with Crippen LogP contribution in [0, 0.1) is 0 Å². The zero-order valence-corrected chi connectivity index (χ0v) is 14.5. The predicted molar refractivity (Wildman–Crippen MR) is 88.0 cm³/mol. The number of aliphatic hydroxyl groups excluding tert-OH is 1. The number of rotatable bonds is 1. The minimum absolute atomic E-state index is 0.0186. The first-order chi connectivity index (χ1) is 10.2. The van der Waals surface area contributed by atoms with Crippen molar-refractivity contribution in [1.29, 1.82) is 0 Å². The highest BCUT2D eigenvalue weighted by atomic mass is 16.5. The van der Waals surface area contributed by atoms with E-state index in [4.69, 9.17) is 9.84 Å². The molecule has 4 heteroatoms. The minimum atomic E-state index is -0.118. The van der Waals surface area contributed by atoms with Gasteiger partial charge in [-0.05, 0) is 12.5 Å². The number of carbonyl (C=O) groups is 1. The molecule has 0 radical (unpaired) electrons. The molecule has 1 aromatic rings. The van der Waals surface area contributed by atoms with Gasteiger partial charge in [0.05, 0.1) is 6.54 Å². The number of hydrogen-bond donors (Lipinski definition) is 1. The van der Waals surface area contributed by atoms with Crippen molar-refractivity contribution >= 4 is 5.91 Å². The molecule has 2 rings (SSSR count). The summed E-state index contributed by atoms with van der Waals surface area (Å²) >= 11 is 0. The van der Waals surface area contributed by atoms with Gasteiger partial charge < -0.3 is 14.7 Å². The summed E-state index contributed by atoms with van der Waals surface area (Å²) in [7, 11) is 1.00. The molecule has 1 saturated heterocycles. The zero-order chi connectivity index (χ0) is 16.8. The summed E-state index contributed by atoms with van der Waals surface area (Å²) in [6.07, 6.45) is -0.0993. The molecule has 1 N–H and O–H groups in total. The van der Waals surface area contributed by atoms with Crippen LogP contribution in [-0.4, -0.2) is 35.8 Å². The van der Waals surface area contributed by atoms with E-state index in [1.54, 1.807) is 11.8 Å². The summed E-state index contributed by atoms with van der Waals surface area (Å²) in [6.45, 7) is 12.1. The fourth-order valence-corrected chi connectivity index (χ4v) is 1.92. The number of ether oxygens (including phenoxy) is 1. The van der Waals surface area contributed by atoms with Gasteiger partial charge in [0, 0.05) is 14.0 Å². The maximum atomic E-state index is 11.3. The van der Waals surface area contributed by atoms with E-state index in [0.717, 1.165) is 12.7 Å². The Labute approximate surface area is 129 Å². The lowest BCUT2D eigenvalue weighted by Crippen LogP contribution is -2.32. The average Bonchev–Trinajstić information content (AvgIpc) is 2.96. The molecular formula is C17H31NO3. The molecule has 0 bridgehead atoms. The van der Waals surface area contributed by atoms with Crippen LogP contribution in [0.15, 0.2) is 30.3 Å². The van der Waals surface area contributed by atoms with Crippen LogP contribution in [0.3, 0.4) is 0 Å². The molecule has 21 heavy (non-hydrogen) atoms. The molecule has 1 aromatic carbocycles. The van der Waals surface area contributed by atoms with E-state index in [-0.39, 0.29) is 18.2 Å². The molecule has 122 valence electrons. The van der Waals surface area contributed by atoms with Crippen molar-refractivity contribution in [1.82, 2.24) is 4.90 Å². The summed E-state index contributed by atoms with van der Waals surface area (Å²) in [5.74, 6) is 0.0703. The fourth-order valence-electron chi connectivity index (χ4n) is 1.92. The lowest BCUT2D eigenvalue weighted by Gasteiger charge is -2.16. The van der Waals surface area contributed by atoms with E-state index in [9.17, 15) is 4.79 Å². The monoisotopic (exact) mass is 297 g/mol. The Balaban J connectivity index is 0. The highest BCUT2D eigenvalue weighted by molar-refractivity contribution is 5.73. The lowest BCUT2D eigenvalue weighted by atomic mass is 10.1. The third-order valence-electron chi connectivity index (χ3n) is 2.74. The maximum absolute atomic E-state index is 11.3. The van der Waals surface area contributed by atoms with Gasteiger partial charge in [0.25, 0.3) is 0 Å². The number of benzene rings is 1. The summed E-state index contributed by atoms with van der Waals surface area (Å²) in [5, 5.41) is 7.00.